The van der Waals surface area contributed by atoms with E-state index in [9.17, 15) is 33.6 Å². The van der Waals surface area contributed by atoms with Crippen LogP contribution in [0.15, 0.2) is 82.5 Å². The molecule has 52 heavy (non-hydrogen) atoms. The maximum atomic E-state index is 16.2. The van der Waals surface area contributed by atoms with Gasteiger partial charge in [0.1, 0.15) is 24.0 Å². The number of nitrogens with zero attached hydrogens (tertiary/aromatic N) is 2. The van der Waals surface area contributed by atoms with Gasteiger partial charge in [-0.3, -0.25) is 18.7 Å². The molecule has 2 heterocycles. The maximum Gasteiger partial charge on any atom is 0.459 e. The van der Waals surface area contributed by atoms with Crippen LogP contribution in [0.5, 0.6) is 5.75 Å². The first kappa shape index (κ1) is 39.9. The Hall–Kier alpha value is -4.87. The van der Waals surface area contributed by atoms with Crippen molar-refractivity contribution in [3.63, 3.8) is 0 Å². The minimum Gasteiger partial charge on any atom is -0.462 e. The summed E-state index contributed by atoms with van der Waals surface area (Å²) >= 11 is 0. The van der Waals surface area contributed by atoms with Crippen molar-refractivity contribution in [2.75, 3.05) is 13.7 Å². The summed E-state index contributed by atoms with van der Waals surface area (Å²) < 4.78 is 63.0. The molecule has 0 radical (unpaired) electrons. The Labute approximate surface area is 297 Å². The van der Waals surface area contributed by atoms with E-state index in [2.05, 4.69) is 15.1 Å². The molecule has 3 N–H and O–H groups in total. The highest BCUT2D eigenvalue weighted by Crippen LogP contribution is 2.47. The molecule has 1 aliphatic heterocycles. The van der Waals surface area contributed by atoms with Gasteiger partial charge < -0.3 is 33.9 Å². The molecule has 282 valence electrons. The van der Waals surface area contributed by atoms with Gasteiger partial charge in [-0.05, 0) is 45.4 Å². The Kier molecular flexibility index (Phi) is 13.1. The smallest absolute Gasteiger partial charge is 0.459 e. The standard InChI is InChI=1S/C33H40FN4O13P/c1-20(2)49-28(41)21(3)36-52(45,51-23-14-10-7-11-15-23)48-18-24-27(40)33(4,34)30(50-24)37-17-16-25(39)38(32(37)44)19-47-29(42)26(35-31(43)46-5)22-12-8-6-9-13-22/h6-17,20-21,24,26-27,30,40H,18-19H2,1-5H3,(H,35,43)(H,36,45)/t21-,24+,26-,27+,30+,33+,52-/m0/s1. The molecule has 0 unspecified atom stereocenters. The van der Waals surface area contributed by atoms with Crippen LogP contribution < -0.4 is 26.2 Å². The van der Waals surface area contributed by atoms with Crippen LogP contribution in [-0.4, -0.2) is 76.0 Å². The summed E-state index contributed by atoms with van der Waals surface area (Å²) in [6.07, 6.45) is -5.91. The minimum absolute atomic E-state index is 0.0922. The Balaban J connectivity index is 1.53. The molecule has 17 nitrogen and oxygen atoms in total. The number of amides is 1. The van der Waals surface area contributed by atoms with E-state index in [0.29, 0.717) is 14.7 Å². The van der Waals surface area contributed by atoms with E-state index < -0.39 is 92.7 Å². The van der Waals surface area contributed by atoms with Crippen LogP contribution >= 0.6 is 7.75 Å². The predicted octanol–water partition coefficient (Wildman–Crippen LogP) is 2.73. The number of benzene rings is 2. The Morgan fingerprint density at radius 3 is 2.27 bits per heavy atom. The van der Waals surface area contributed by atoms with Crippen molar-refractivity contribution in [3.8, 4) is 5.75 Å². The lowest BCUT2D eigenvalue weighted by atomic mass is 9.98. The van der Waals surface area contributed by atoms with Crippen molar-refractivity contribution in [1.82, 2.24) is 19.5 Å². The number of para-hydroxylation sites is 1. The van der Waals surface area contributed by atoms with Gasteiger partial charge in [-0.15, -0.1) is 0 Å². The first-order valence-electron chi connectivity index (χ1n) is 15.9. The fourth-order valence-electron chi connectivity index (χ4n) is 5.00. The molecule has 0 bridgehead atoms. The number of carbonyl (C=O) groups is 3. The van der Waals surface area contributed by atoms with E-state index in [1.165, 1.54) is 31.2 Å². The van der Waals surface area contributed by atoms with E-state index in [-0.39, 0.29) is 5.75 Å². The average molecular weight is 751 g/mol. The van der Waals surface area contributed by atoms with Crippen molar-refractivity contribution < 1.29 is 56.4 Å². The Bertz CT molecular complexity index is 1870. The number of nitrogens with one attached hydrogen (secondary N) is 2. The average Bonchev–Trinajstić information content (AvgIpc) is 3.33. The second-order valence-corrected chi connectivity index (χ2v) is 13.7. The first-order chi connectivity index (χ1) is 24.6. The van der Waals surface area contributed by atoms with Crippen molar-refractivity contribution in [1.29, 1.82) is 0 Å². The fourth-order valence-corrected chi connectivity index (χ4v) is 6.50. The zero-order valence-corrected chi connectivity index (χ0v) is 29.8. The van der Waals surface area contributed by atoms with Crippen molar-refractivity contribution >= 4 is 25.8 Å². The van der Waals surface area contributed by atoms with Crippen molar-refractivity contribution in [2.24, 2.45) is 0 Å². The highest BCUT2D eigenvalue weighted by atomic mass is 31.2. The lowest BCUT2D eigenvalue weighted by molar-refractivity contribution is -0.150. The van der Waals surface area contributed by atoms with Gasteiger partial charge in [0.05, 0.1) is 19.8 Å². The number of carbonyl (C=O) groups excluding carboxylic acids is 3. The summed E-state index contributed by atoms with van der Waals surface area (Å²) in [5.41, 5.74) is -4.51. The predicted molar refractivity (Wildman–Crippen MR) is 180 cm³/mol. The molecular formula is C33H40FN4O13P. The molecule has 19 heteroatoms. The lowest BCUT2D eigenvalue weighted by Gasteiger charge is -2.26. The quantitative estimate of drug-likeness (QED) is 0.116. The minimum atomic E-state index is -4.45. The number of aromatic nitrogens is 2. The van der Waals surface area contributed by atoms with E-state index in [1.807, 2.05) is 0 Å². The van der Waals surface area contributed by atoms with Crippen molar-refractivity contribution in [3.05, 3.63) is 99.3 Å². The van der Waals surface area contributed by atoms with Crippen LogP contribution in [-0.2, 0) is 44.4 Å². The molecule has 2 aromatic carbocycles. The van der Waals surface area contributed by atoms with Crippen LogP contribution in [0.4, 0.5) is 9.18 Å². The highest BCUT2D eigenvalue weighted by Gasteiger charge is 2.56. The summed E-state index contributed by atoms with van der Waals surface area (Å²) in [5.74, 6) is -1.73. The number of hydrogen-bond acceptors (Lipinski definition) is 13. The monoisotopic (exact) mass is 750 g/mol. The number of halogens is 1. The highest BCUT2D eigenvalue weighted by molar-refractivity contribution is 7.52. The molecule has 1 amide bonds. The molecular weight excluding hydrogens is 710 g/mol. The number of alkyl halides is 1. The van der Waals surface area contributed by atoms with Gasteiger partial charge in [-0.25, -0.2) is 27.9 Å². The molecule has 1 fully saturated rings. The normalized spacial score (nSPS) is 22.1. The summed E-state index contributed by atoms with van der Waals surface area (Å²) in [4.78, 5) is 63.6. The number of ether oxygens (including phenoxy) is 4. The summed E-state index contributed by atoms with van der Waals surface area (Å²) in [6.45, 7) is 3.84. The molecule has 1 saturated heterocycles. The van der Waals surface area contributed by atoms with Gasteiger partial charge in [-0.2, -0.15) is 5.09 Å². The van der Waals surface area contributed by atoms with Gasteiger partial charge in [0.25, 0.3) is 5.56 Å². The number of aliphatic hydroxyl groups excluding tert-OH is 1. The molecule has 0 spiro atoms. The zero-order chi connectivity index (χ0) is 38.2. The third-order valence-corrected chi connectivity index (χ3v) is 9.30. The van der Waals surface area contributed by atoms with Gasteiger partial charge in [-0.1, -0.05) is 48.5 Å². The zero-order valence-electron chi connectivity index (χ0n) is 28.9. The Morgan fingerprint density at radius 1 is 1.02 bits per heavy atom. The second-order valence-electron chi connectivity index (χ2n) is 12.0. The van der Waals surface area contributed by atoms with Gasteiger partial charge in [0, 0.05) is 12.3 Å². The fraction of sp³-hybridized carbons (Fsp3) is 0.424. The lowest BCUT2D eigenvalue weighted by Crippen LogP contribution is -2.47. The molecule has 0 aliphatic carbocycles. The third-order valence-electron chi connectivity index (χ3n) is 7.65. The van der Waals surface area contributed by atoms with Crippen LogP contribution in [0.2, 0.25) is 0 Å². The molecule has 1 aliphatic rings. The van der Waals surface area contributed by atoms with E-state index in [1.54, 1.807) is 50.2 Å². The van der Waals surface area contributed by atoms with Crippen LogP contribution in [0.3, 0.4) is 0 Å². The second kappa shape index (κ2) is 17.1. The number of hydrogen-bond donors (Lipinski definition) is 3. The van der Waals surface area contributed by atoms with Crippen molar-refractivity contribution in [2.45, 2.75) is 76.7 Å². The molecule has 7 atom stereocenters. The topological polar surface area (TPSA) is 212 Å². The number of rotatable bonds is 15. The summed E-state index contributed by atoms with van der Waals surface area (Å²) in [5, 5.41) is 15.7. The molecule has 0 saturated carbocycles. The molecule has 1 aromatic heterocycles. The van der Waals surface area contributed by atoms with E-state index in [0.717, 1.165) is 26.3 Å². The SMILES string of the molecule is COC(=O)N[C@H](C(=O)OCn1c(=O)ccn([C@@H]2O[C@H](CO[P@@](=O)(N[C@@H](C)C(=O)OC(C)C)Oc3ccccc3)[C@@H](O)[C@@]2(C)F)c1=O)c1ccccc1. The van der Waals surface area contributed by atoms with Crippen LogP contribution in [0.25, 0.3) is 0 Å². The Morgan fingerprint density at radius 2 is 1.65 bits per heavy atom. The first-order valence-corrected chi connectivity index (χ1v) is 17.5. The summed E-state index contributed by atoms with van der Waals surface area (Å²) in [6, 6.07) is 14.1. The number of esters is 2. The van der Waals surface area contributed by atoms with E-state index in [4.69, 9.17) is 23.3 Å². The molecule has 3 aromatic rings. The third kappa shape index (κ3) is 9.71. The number of methoxy groups -OCH3 is 1. The van der Waals surface area contributed by atoms with Gasteiger partial charge in [0.2, 0.25) is 0 Å². The largest absolute Gasteiger partial charge is 0.462 e. The van der Waals surface area contributed by atoms with Crippen LogP contribution in [0.1, 0.15) is 45.5 Å². The van der Waals surface area contributed by atoms with E-state index >= 15 is 4.39 Å². The molecule has 4 rings (SSSR count). The van der Waals surface area contributed by atoms with Gasteiger partial charge in [0.15, 0.2) is 24.7 Å². The summed E-state index contributed by atoms with van der Waals surface area (Å²) in [7, 11) is -3.36. The van der Waals surface area contributed by atoms with Gasteiger partial charge >= 0.3 is 31.5 Å². The van der Waals surface area contributed by atoms with Crippen LogP contribution in [0, 0.1) is 0 Å². The number of alkyl carbamates (subject to hydrolysis) is 1. The number of aliphatic hydroxyl groups is 1. The maximum absolute atomic E-state index is 16.2.